The molecule has 0 fully saturated rings. The minimum absolute atomic E-state index is 0.00435. The summed E-state index contributed by atoms with van der Waals surface area (Å²) in [6.07, 6.45) is 0. The van der Waals surface area contributed by atoms with Gasteiger partial charge in [0.2, 0.25) is 0 Å². The van der Waals surface area contributed by atoms with E-state index in [2.05, 4.69) is 15.9 Å². The average Bonchev–Trinajstić information content (AvgIpc) is 2.35. The van der Waals surface area contributed by atoms with Crippen LogP contribution in [0.2, 0.25) is 5.02 Å². The van der Waals surface area contributed by atoms with Crippen molar-refractivity contribution in [1.29, 1.82) is 0 Å². The topological polar surface area (TPSA) is 9.23 Å². The van der Waals surface area contributed by atoms with E-state index in [1.807, 2.05) is 30.3 Å². The van der Waals surface area contributed by atoms with Crippen molar-refractivity contribution < 1.29 is 9.13 Å². The summed E-state index contributed by atoms with van der Waals surface area (Å²) in [5, 5.41) is -0.00435. The first-order chi connectivity index (χ1) is 8.18. The molecule has 0 spiro atoms. The molecule has 0 N–H and O–H groups in total. The van der Waals surface area contributed by atoms with Crippen LogP contribution in [0.3, 0.4) is 0 Å². The maximum absolute atomic E-state index is 13.3. The van der Waals surface area contributed by atoms with Crippen LogP contribution in [0.5, 0.6) is 5.75 Å². The molecule has 0 atom stereocenters. The molecule has 0 aliphatic rings. The maximum Gasteiger partial charge on any atom is 0.155 e. The van der Waals surface area contributed by atoms with E-state index < -0.39 is 5.82 Å². The van der Waals surface area contributed by atoms with Gasteiger partial charge in [-0.2, -0.15) is 0 Å². The van der Waals surface area contributed by atoms with Crippen LogP contribution in [-0.4, -0.2) is 0 Å². The summed E-state index contributed by atoms with van der Waals surface area (Å²) in [7, 11) is 0. The summed E-state index contributed by atoms with van der Waals surface area (Å²) in [5.41, 5.74) is 1.000. The third-order valence-electron chi connectivity index (χ3n) is 2.23. The highest BCUT2D eigenvalue weighted by molar-refractivity contribution is 9.10. The van der Waals surface area contributed by atoms with E-state index in [9.17, 15) is 4.39 Å². The molecule has 0 aliphatic heterocycles. The van der Waals surface area contributed by atoms with Gasteiger partial charge in [0.1, 0.15) is 17.4 Å². The lowest BCUT2D eigenvalue weighted by molar-refractivity contribution is 0.303. The van der Waals surface area contributed by atoms with Crippen LogP contribution < -0.4 is 4.74 Å². The number of hydrogen-bond donors (Lipinski definition) is 0. The van der Waals surface area contributed by atoms with Crippen LogP contribution in [0.15, 0.2) is 46.9 Å². The predicted octanol–water partition coefficient (Wildman–Crippen LogP) is 4.82. The summed E-state index contributed by atoms with van der Waals surface area (Å²) in [6.45, 7) is 0.350. The number of ether oxygens (including phenoxy) is 1. The Kier molecular flexibility index (Phi) is 4.02. The van der Waals surface area contributed by atoms with Gasteiger partial charge in [-0.25, -0.2) is 4.39 Å². The molecule has 88 valence electrons. The van der Waals surface area contributed by atoms with Gasteiger partial charge in [-0.1, -0.05) is 41.9 Å². The SMILES string of the molecule is Fc1ccc(Br)c(OCc2ccccc2)c1Cl. The van der Waals surface area contributed by atoms with Crippen molar-refractivity contribution in [2.45, 2.75) is 6.61 Å². The molecule has 0 unspecified atom stereocenters. The van der Waals surface area contributed by atoms with Crippen molar-refractivity contribution in [1.82, 2.24) is 0 Å². The molecule has 0 amide bonds. The first-order valence-electron chi connectivity index (χ1n) is 4.98. The molecule has 2 aromatic carbocycles. The molecule has 17 heavy (non-hydrogen) atoms. The second-order valence-corrected chi connectivity index (χ2v) is 4.68. The number of rotatable bonds is 3. The van der Waals surface area contributed by atoms with Gasteiger partial charge >= 0.3 is 0 Å². The van der Waals surface area contributed by atoms with Crippen molar-refractivity contribution >= 4 is 27.5 Å². The molecule has 0 saturated heterocycles. The van der Waals surface area contributed by atoms with Crippen LogP contribution in [-0.2, 0) is 6.61 Å². The summed E-state index contributed by atoms with van der Waals surface area (Å²) >= 11 is 9.11. The van der Waals surface area contributed by atoms with E-state index in [1.165, 1.54) is 6.07 Å². The summed E-state index contributed by atoms with van der Waals surface area (Å²) in [5.74, 6) is -0.159. The van der Waals surface area contributed by atoms with E-state index in [-0.39, 0.29) is 5.02 Å². The van der Waals surface area contributed by atoms with Crippen LogP contribution >= 0.6 is 27.5 Å². The highest BCUT2D eigenvalue weighted by atomic mass is 79.9. The quantitative estimate of drug-likeness (QED) is 0.738. The van der Waals surface area contributed by atoms with Crippen molar-refractivity contribution in [3.63, 3.8) is 0 Å². The van der Waals surface area contributed by atoms with Crippen LogP contribution in [0.1, 0.15) is 5.56 Å². The Bertz CT molecular complexity index is 516. The summed E-state index contributed by atoms with van der Waals surface area (Å²) in [6, 6.07) is 12.5. The molecular formula is C13H9BrClFO. The van der Waals surface area contributed by atoms with E-state index in [0.717, 1.165) is 5.56 Å². The van der Waals surface area contributed by atoms with Gasteiger partial charge in [0.25, 0.3) is 0 Å². The van der Waals surface area contributed by atoms with Gasteiger partial charge in [-0.15, -0.1) is 0 Å². The lowest BCUT2D eigenvalue weighted by atomic mass is 10.2. The number of benzene rings is 2. The molecule has 0 aromatic heterocycles. The smallest absolute Gasteiger partial charge is 0.155 e. The molecule has 0 saturated carbocycles. The summed E-state index contributed by atoms with van der Waals surface area (Å²) in [4.78, 5) is 0. The van der Waals surface area contributed by atoms with Gasteiger partial charge in [0.05, 0.1) is 4.47 Å². The molecule has 0 heterocycles. The highest BCUT2D eigenvalue weighted by Crippen LogP contribution is 2.35. The van der Waals surface area contributed by atoms with E-state index >= 15 is 0 Å². The fourth-order valence-corrected chi connectivity index (χ4v) is 2.15. The highest BCUT2D eigenvalue weighted by Gasteiger charge is 2.11. The molecule has 2 aromatic rings. The van der Waals surface area contributed by atoms with Crippen molar-refractivity contribution in [2.24, 2.45) is 0 Å². The van der Waals surface area contributed by atoms with Crippen molar-refractivity contribution in [3.05, 3.63) is 63.3 Å². The predicted molar refractivity (Wildman–Crippen MR) is 69.9 cm³/mol. The normalized spacial score (nSPS) is 10.3. The van der Waals surface area contributed by atoms with Crippen molar-refractivity contribution in [3.8, 4) is 5.75 Å². The second-order valence-electron chi connectivity index (χ2n) is 3.45. The lowest BCUT2D eigenvalue weighted by Crippen LogP contribution is -1.97. The fourth-order valence-electron chi connectivity index (χ4n) is 1.37. The van der Waals surface area contributed by atoms with Crippen molar-refractivity contribution in [2.75, 3.05) is 0 Å². The van der Waals surface area contributed by atoms with Crippen LogP contribution in [0, 0.1) is 5.82 Å². The summed E-state index contributed by atoms with van der Waals surface area (Å²) < 4.78 is 19.4. The number of hydrogen-bond acceptors (Lipinski definition) is 1. The Balaban J connectivity index is 2.17. The monoisotopic (exact) mass is 314 g/mol. The Morgan fingerprint density at radius 3 is 2.53 bits per heavy atom. The third-order valence-corrected chi connectivity index (χ3v) is 3.20. The van der Waals surface area contributed by atoms with E-state index in [4.69, 9.17) is 16.3 Å². The zero-order valence-electron chi connectivity index (χ0n) is 8.79. The van der Waals surface area contributed by atoms with E-state index in [1.54, 1.807) is 6.07 Å². The second kappa shape index (κ2) is 5.52. The van der Waals surface area contributed by atoms with Gasteiger partial charge in [0.15, 0.2) is 5.75 Å². The van der Waals surface area contributed by atoms with Gasteiger partial charge in [0, 0.05) is 0 Å². The molecule has 0 aliphatic carbocycles. The Morgan fingerprint density at radius 1 is 1.12 bits per heavy atom. The van der Waals surface area contributed by atoms with Gasteiger partial charge in [-0.05, 0) is 33.6 Å². The van der Waals surface area contributed by atoms with Crippen LogP contribution in [0.25, 0.3) is 0 Å². The molecule has 0 radical (unpaired) electrons. The zero-order valence-corrected chi connectivity index (χ0v) is 11.1. The molecular weight excluding hydrogens is 306 g/mol. The first-order valence-corrected chi connectivity index (χ1v) is 6.16. The first kappa shape index (κ1) is 12.4. The van der Waals surface area contributed by atoms with E-state index in [0.29, 0.717) is 16.8 Å². The maximum atomic E-state index is 13.3. The largest absolute Gasteiger partial charge is 0.486 e. The molecule has 2 rings (SSSR count). The van der Waals surface area contributed by atoms with Gasteiger partial charge < -0.3 is 4.74 Å². The Hall–Kier alpha value is -1.06. The average molecular weight is 316 g/mol. The van der Waals surface area contributed by atoms with Gasteiger partial charge in [-0.3, -0.25) is 0 Å². The zero-order chi connectivity index (χ0) is 12.3. The molecule has 0 bridgehead atoms. The number of halogens is 3. The molecule has 4 heteroatoms. The lowest BCUT2D eigenvalue weighted by Gasteiger charge is -2.10. The third kappa shape index (κ3) is 2.99. The minimum atomic E-state index is -0.488. The fraction of sp³-hybridized carbons (Fsp3) is 0.0769. The van der Waals surface area contributed by atoms with Crippen LogP contribution in [0.4, 0.5) is 4.39 Å². The minimum Gasteiger partial charge on any atom is -0.486 e. The standard InChI is InChI=1S/C13H9BrClFO/c14-10-6-7-11(16)12(15)13(10)17-8-9-4-2-1-3-5-9/h1-7H,8H2. The molecule has 1 nitrogen and oxygen atoms in total. The Labute approximate surface area is 112 Å². The Morgan fingerprint density at radius 2 is 1.82 bits per heavy atom.